The van der Waals surface area contributed by atoms with Crippen molar-refractivity contribution >= 4 is 50.5 Å². The number of sulfonamides is 1. The molecule has 2 aromatic heterocycles. The molecule has 0 unspecified atom stereocenters. The Labute approximate surface area is 366 Å². The van der Waals surface area contributed by atoms with Gasteiger partial charge in [-0.2, -0.15) is 9.90 Å². The minimum absolute atomic E-state index is 0.0135. The number of carbonyl (C=O) groups is 5. The van der Waals surface area contributed by atoms with Crippen LogP contribution >= 0.6 is 0 Å². The lowest BCUT2D eigenvalue weighted by atomic mass is 10.0. The second-order valence-electron chi connectivity index (χ2n) is 17.7. The average Bonchev–Trinajstić information content (AvgIpc) is 4.01. The second-order valence-corrected chi connectivity index (χ2v) is 19.9. The number of pyridine rings is 1. The van der Waals surface area contributed by atoms with Gasteiger partial charge < -0.3 is 34.6 Å². The van der Waals surface area contributed by atoms with E-state index in [1.807, 2.05) is 39.0 Å². The number of ether oxygens (including phenoxy) is 3. The Bertz CT molecular complexity index is 2430. The van der Waals surface area contributed by atoms with Crippen LogP contribution in [0.25, 0.3) is 10.9 Å². The smallest absolute Gasteiger partial charge is 0.274 e. The third kappa shape index (κ3) is 9.59. The molecule has 3 aromatic rings. The maximum atomic E-state index is 14.9. The zero-order valence-corrected chi connectivity index (χ0v) is 37.6. The number of rotatable bonds is 12. The van der Waals surface area contributed by atoms with Crippen LogP contribution in [0.3, 0.4) is 0 Å². The second kappa shape index (κ2) is 17.8. The van der Waals surface area contributed by atoms with E-state index in [0.29, 0.717) is 60.4 Å². The maximum absolute atomic E-state index is 14.9. The molecule has 3 N–H and O–H groups in total. The summed E-state index contributed by atoms with van der Waals surface area (Å²) in [4.78, 5) is 78.2. The highest BCUT2D eigenvalue weighted by Crippen LogP contribution is 2.47. The van der Waals surface area contributed by atoms with Crippen molar-refractivity contribution in [2.45, 2.75) is 127 Å². The lowest BCUT2D eigenvalue weighted by Gasteiger charge is -2.30. The van der Waals surface area contributed by atoms with E-state index in [1.54, 1.807) is 40.3 Å². The summed E-state index contributed by atoms with van der Waals surface area (Å²) in [5, 5.41) is 14.6. The Kier molecular flexibility index (Phi) is 12.8. The fraction of sp³-hybridized carbons (Fsp3) is 0.581. The molecule has 2 aliphatic carbocycles. The summed E-state index contributed by atoms with van der Waals surface area (Å²) >= 11 is 0. The van der Waals surface area contributed by atoms with Crippen LogP contribution in [0.5, 0.6) is 17.4 Å². The largest absolute Gasteiger partial charge is 0.496 e. The van der Waals surface area contributed by atoms with E-state index in [2.05, 4.69) is 25.6 Å². The van der Waals surface area contributed by atoms with Crippen LogP contribution in [0, 0.1) is 12.8 Å². The van der Waals surface area contributed by atoms with E-state index in [1.165, 1.54) is 16.0 Å². The van der Waals surface area contributed by atoms with Gasteiger partial charge in [-0.25, -0.2) is 13.4 Å². The standard InChI is InChI=1S/C43H57N9O10S/c1-25(2)61-35-20-34(29-15-16-33(60-7)26(3)37(29)46-35)62-28-19-32-39(55)47-43(41(57)49-63(58,59)42(4)17-18-42)21-27(43)13-11-9-8-10-12-14-30(40(56)51(32)23-28)45-38(54)31-22-44-52(48-31)24-36(53)50(5)6/h11,13,15-16,20,22,25,27-28,30,32H,8-10,12,14,17-19,21,23-24H2,1-7H3,(H,45,54)(H,47,55)(H,49,57)/b13-11-/t27-,28-,30+,32+,43-/m1/s1. The molecule has 0 spiro atoms. The molecule has 5 atom stereocenters. The van der Waals surface area contributed by atoms with E-state index in [4.69, 9.17) is 19.2 Å². The van der Waals surface area contributed by atoms with Gasteiger partial charge in [-0.05, 0) is 78.4 Å². The highest BCUT2D eigenvalue weighted by Gasteiger charge is 2.63. The third-order valence-electron chi connectivity index (χ3n) is 12.3. The number of amides is 5. The SMILES string of the molecule is COc1ccc2c(O[C@@H]3C[C@H]4C(=O)N[C@]5(C(=O)NS(=O)(=O)C6(C)CC6)C[C@H]5/C=C\CCCCC[C@H](NC(=O)c5cnn(CC(=O)N(C)C)n5)C(=O)N4C3)cc(OC(C)C)nc2c1C. The van der Waals surface area contributed by atoms with E-state index < -0.39 is 68.0 Å². The molecule has 5 amide bonds. The lowest BCUT2D eigenvalue weighted by molar-refractivity contribution is -0.141. The topological polar surface area (TPSA) is 233 Å². The summed E-state index contributed by atoms with van der Waals surface area (Å²) in [5.74, 6) is -2.22. The van der Waals surface area contributed by atoms with Crippen molar-refractivity contribution in [3.05, 3.63) is 47.8 Å². The Hall–Kier alpha value is -5.79. The van der Waals surface area contributed by atoms with Crippen LogP contribution in [0.15, 0.2) is 36.5 Å². The normalized spacial score (nSPS) is 25.1. The molecule has 19 nitrogen and oxygen atoms in total. The fourth-order valence-corrected chi connectivity index (χ4v) is 9.39. The van der Waals surface area contributed by atoms with Crippen molar-refractivity contribution in [2.24, 2.45) is 5.92 Å². The number of benzene rings is 1. The van der Waals surface area contributed by atoms with Gasteiger partial charge in [0, 0.05) is 43.5 Å². The quantitative estimate of drug-likeness (QED) is 0.222. The lowest BCUT2D eigenvalue weighted by Crippen LogP contribution is -2.58. The molecule has 1 aromatic carbocycles. The molecule has 0 radical (unpaired) electrons. The van der Waals surface area contributed by atoms with E-state index >= 15 is 0 Å². The number of hydrogen-bond donors (Lipinski definition) is 3. The van der Waals surface area contributed by atoms with Crippen molar-refractivity contribution < 1.29 is 46.6 Å². The monoisotopic (exact) mass is 891 g/mol. The maximum Gasteiger partial charge on any atom is 0.274 e. The fourth-order valence-electron chi connectivity index (χ4n) is 8.08. The molecule has 4 heterocycles. The van der Waals surface area contributed by atoms with Crippen molar-refractivity contribution in [3.63, 3.8) is 0 Å². The zero-order chi connectivity index (χ0) is 45.4. The van der Waals surface area contributed by atoms with Gasteiger partial charge >= 0.3 is 0 Å². The minimum atomic E-state index is -4.04. The summed E-state index contributed by atoms with van der Waals surface area (Å²) in [7, 11) is 0.703. The van der Waals surface area contributed by atoms with Gasteiger partial charge in [0.15, 0.2) is 5.69 Å². The highest BCUT2D eigenvalue weighted by atomic mass is 32.2. The summed E-state index contributed by atoms with van der Waals surface area (Å²) < 4.78 is 46.0. The molecule has 1 saturated heterocycles. The first-order chi connectivity index (χ1) is 29.8. The van der Waals surface area contributed by atoms with E-state index in [9.17, 15) is 32.4 Å². The number of carbonyl (C=O) groups excluding carboxylic acids is 5. The van der Waals surface area contributed by atoms with Crippen molar-refractivity contribution in [2.75, 3.05) is 27.7 Å². The van der Waals surface area contributed by atoms with Crippen LogP contribution in [0.4, 0.5) is 0 Å². The Morgan fingerprint density at radius 1 is 1.10 bits per heavy atom. The number of fused-ring (bicyclic) bond motifs is 3. The number of nitrogens with one attached hydrogen (secondary N) is 3. The van der Waals surface area contributed by atoms with Crippen LogP contribution in [0.1, 0.15) is 94.6 Å². The molecule has 4 aliphatic rings. The van der Waals surface area contributed by atoms with E-state index in [0.717, 1.165) is 16.8 Å². The summed E-state index contributed by atoms with van der Waals surface area (Å²) in [5.41, 5.74) is -0.356. The summed E-state index contributed by atoms with van der Waals surface area (Å²) in [6.45, 7) is 6.91. The molecular weight excluding hydrogens is 835 g/mol. The molecule has 3 fully saturated rings. The van der Waals surface area contributed by atoms with E-state index in [-0.39, 0.29) is 50.1 Å². The van der Waals surface area contributed by atoms with Crippen molar-refractivity contribution in [1.29, 1.82) is 0 Å². The zero-order valence-electron chi connectivity index (χ0n) is 36.8. The van der Waals surface area contributed by atoms with Crippen LogP contribution in [-0.2, 0) is 35.7 Å². The minimum Gasteiger partial charge on any atom is -0.496 e. The molecule has 20 heteroatoms. The number of likely N-dealkylation sites (N-methyl/N-ethyl adjacent to an activating group) is 1. The predicted molar refractivity (Wildman–Crippen MR) is 229 cm³/mol. The Balaban J connectivity index is 1.22. The number of aryl methyl sites for hydroxylation is 1. The number of allylic oxidation sites excluding steroid dienone is 1. The number of aromatic nitrogens is 4. The summed E-state index contributed by atoms with van der Waals surface area (Å²) in [6, 6.07) is 2.96. The first-order valence-electron chi connectivity index (χ1n) is 21.4. The molecule has 63 heavy (non-hydrogen) atoms. The van der Waals surface area contributed by atoms with Crippen molar-refractivity contribution in [1.82, 2.24) is 45.1 Å². The molecule has 7 rings (SSSR count). The van der Waals surface area contributed by atoms with Gasteiger partial charge in [0.05, 0.1) is 36.2 Å². The number of methoxy groups -OCH3 is 1. The molecule has 340 valence electrons. The first kappa shape index (κ1) is 45.2. The molecule has 2 aliphatic heterocycles. The average molecular weight is 892 g/mol. The molecule has 2 saturated carbocycles. The Morgan fingerprint density at radius 3 is 2.56 bits per heavy atom. The highest BCUT2D eigenvalue weighted by molar-refractivity contribution is 7.91. The van der Waals surface area contributed by atoms with Gasteiger partial charge in [-0.1, -0.05) is 25.0 Å². The number of nitrogens with zero attached hydrogens (tertiary/aromatic N) is 6. The third-order valence-corrected chi connectivity index (χ3v) is 14.5. The first-order valence-corrected chi connectivity index (χ1v) is 22.9. The Morgan fingerprint density at radius 2 is 1.86 bits per heavy atom. The van der Waals surface area contributed by atoms with Gasteiger partial charge in [0.25, 0.3) is 11.8 Å². The van der Waals surface area contributed by atoms with Gasteiger partial charge in [0.1, 0.15) is 41.8 Å². The molecule has 0 bridgehead atoms. The molecular formula is C43H57N9O10S. The predicted octanol–water partition coefficient (Wildman–Crippen LogP) is 2.56. The van der Waals surface area contributed by atoms with Gasteiger partial charge in [-0.3, -0.25) is 28.7 Å². The van der Waals surface area contributed by atoms with Gasteiger partial charge in [0.2, 0.25) is 33.6 Å². The van der Waals surface area contributed by atoms with Crippen LogP contribution in [-0.4, -0.2) is 130 Å². The van der Waals surface area contributed by atoms with Gasteiger partial charge in [-0.15, -0.1) is 5.10 Å². The summed E-state index contributed by atoms with van der Waals surface area (Å²) in [6.07, 6.45) is 7.84. The van der Waals surface area contributed by atoms with Crippen molar-refractivity contribution in [3.8, 4) is 17.4 Å². The van der Waals surface area contributed by atoms with Crippen LogP contribution in [0.2, 0.25) is 0 Å². The van der Waals surface area contributed by atoms with Crippen LogP contribution < -0.4 is 29.6 Å². The number of hydrogen-bond acceptors (Lipinski definition) is 13.